The molecule has 1 aromatic carbocycles. The van der Waals surface area contributed by atoms with Crippen LogP contribution in [0, 0.1) is 6.92 Å². The molecule has 136 valence electrons. The largest absolute Gasteiger partial charge is 0.447 e. The number of para-hydroxylation sites is 1. The highest BCUT2D eigenvalue weighted by molar-refractivity contribution is 5.80. The minimum absolute atomic E-state index is 0.0276. The Hall–Kier alpha value is -2.90. The average molecular weight is 356 g/mol. The van der Waals surface area contributed by atoms with Crippen molar-refractivity contribution >= 4 is 22.9 Å². The molecule has 0 radical (unpaired) electrons. The number of rotatable bonds is 3. The summed E-state index contributed by atoms with van der Waals surface area (Å²) in [4.78, 5) is 44.4. The van der Waals surface area contributed by atoms with Gasteiger partial charge in [-0.25, -0.2) is 9.78 Å². The fourth-order valence-electron chi connectivity index (χ4n) is 3.59. The van der Waals surface area contributed by atoms with Crippen molar-refractivity contribution in [2.45, 2.75) is 25.9 Å². The van der Waals surface area contributed by atoms with Gasteiger partial charge in [-0.2, -0.15) is 0 Å². The summed E-state index contributed by atoms with van der Waals surface area (Å²) in [6.45, 7) is 4.00. The van der Waals surface area contributed by atoms with E-state index in [9.17, 15) is 14.4 Å². The number of hydrogen-bond donors (Lipinski definition) is 0. The van der Waals surface area contributed by atoms with E-state index in [4.69, 9.17) is 4.74 Å². The lowest BCUT2D eigenvalue weighted by Crippen LogP contribution is -2.53. The van der Waals surface area contributed by atoms with Crippen molar-refractivity contribution in [3.05, 3.63) is 40.4 Å². The number of aryl methyl sites for hydroxylation is 2. The van der Waals surface area contributed by atoms with Gasteiger partial charge in [0.2, 0.25) is 5.91 Å². The van der Waals surface area contributed by atoms with Gasteiger partial charge in [0.25, 0.3) is 5.56 Å². The van der Waals surface area contributed by atoms with Gasteiger partial charge in [0.1, 0.15) is 6.61 Å². The van der Waals surface area contributed by atoms with Gasteiger partial charge < -0.3 is 9.64 Å². The normalized spacial score (nSPS) is 19.6. The number of hydrogen-bond acceptors (Lipinski definition) is 5. The molecule has 1 atom stereocenters. The smallest absolute Gasteiger partial charge is 0.410 e. The second-order valence-electron chi connectivity index (χ2n) is 6.73. The van der Waals surface area contributed by atoms with Gasteiger partial charge in [-0.1, -0.05) is 12.1 Å². The fraction of sp³-hybridized carbons (Fsp3) is 0.444. The standard InChI is InChI=1S/C18H20N4O4/c1-12-3-2-4-14-16(12)19-11-21(17(14)24)6-5-15(23)20-7-8-22-13(9-20)10-26-18(22)25/h2-4,11,13H,5-10H2,1H3/t13-/m0/s1. The number of amides is 2. The molecule has 0 N–H and O–H groups in total. The van der Waals surface area contributed by atoms with Gasteiger partial charge in [-0.15, -0.1) is 0 Å². The third kappa shape index (κ3) is 2.81. The first-order valence-electron chi connectivity index (χ1n) is 8.70. The summed E-state index contributed by atoms with van der Waals surface area (Å²) in [6, 6.07) is 5.44. The Morgan fingerprint density at radius 2 is 2.15 bits per heavy atom. The van der Waals surface area contributed by atoms with E-state index in [-0.39, 0.29) is 36.6 Å². The monoisotopic (exact) mass is 356 g/mol. The Balaban J connectivity index is 1.44. The van der Waals surface area contributed by atoms with Crippen molar-refractivity contribution in [3.8, 4) is 0 Å². The second kappa shape index (κ2) is 6.44. The Kier molecular flexibility index (Phi) is 4.10. The molecule has 2 fully saturated rings. The average Bonchev–Trinajstić information content (AvgIpc) is 3.02. The van der Waals surface area contributed by atoms with Crippen molar-refractivity contribution in [2.75, 3.05) is 26.2 Å². The van der Waals surface area contributed by atoms with E-state index in [1.165, 1.54) is 10.9 Å². The molecule has 8 heteroatoms. The summed E-state index contributed by atoms with van der Waals surface area (Å²) in [6.07, 6.45) is 1.43. The lowest BCUT2D eigenvalue weighted by molar-refractivity contribution is -0.133. The zero-order valence-electron chi connectivity index (χ0n) is 14.6. The maximum atomic E-state index is 12.6. The quantitative estimate of drug-likeness (QED) is 0.811. The molecule has 2 amide bonds. The number of aromatic nitrogens is 2. The molecule has 1 aromatic heterocycles. The van der Waals surface area contributed by atoms with Crippen LogP contribution in [0.15, 0.2) is 29.3 Å². The van der Waals surface area contributed by atoms with Gasteiger partial charge >= 0.3 is 6.09 Å². The van der Waals surface area contributed by atoms with Crippen molar-refractivity contribution in [3.63, 3.8) is 0 Å². The predicted molar refractivity (Wildman–Crippen MR) is 93.8 cm³/mol. The van der Waals surface area contributed by atoms with Crippen LogP contribution < -0.4 is 5.56 Å². The van der Waals surface area contributed by atoms with E-state index in [1.807, 2.05) is 19.1 Å². The van der Waals surface area contributed by atoms with Gasteiger partial charge in [0.05, 0.1) is 23.3 Å². The molecule has 2 aromatic rings. The Labute approximate surface area is 150 Å². The van der Waals surface area contributed by atoms with Crippen LogP contribution in [0.2, 0.25) is 0 Å². The van der Waals surface area contributed by atoms with E-state index < -0.39 is 0 Å². The van der Waals surface area contributed by atoms with Gasteiger partial charge in [-0.3, -0.25) is 19.1 Å². The van der Waals surface area contributed by atoms with Crippen molar-refractivity contribution < 1.29 is 14.3 Å². The third-order valence-electron chi connectivity index (χ3n) is 5.09. The molecule has 4 rings (SSSR count). The molecule has 2 saturated heterocycles. The summed E-state index contributed by atoms with van der Waals surface area (Å²) in [5.41, 5.74) is 1.52. The van der Waals surface area contributed by atoms with Crippen LogP contribution in [0.3, 0.4) is 0 Å². The van der Waals surface area contributed by atoms with Crippen LogP contribution in [-0.2, 0) is 16.1 Å². The number of piperazine rings is 1. The molecule has 0 aliphatic carbocycles. The maximum Gasteiger partial charge on any atom is 0.410 e. The lowest BCUT2D eigenvalue weighted by atomic mass is 10.1. The molecule has 0 unspecified atom stereocenters. The summed E-state index contributed by atoms with van der Waals surface area (Å²) >= 11 is 0. The molecule has 8 nitrogen and oxygen atoms in total. The van der Waals surface area contributed by atoms with Gasteiger partial charge in [0.15, 0.2) is 0 Å². The molecule has 2 aliphatic heterocycles. The van der Waals surface area contributed by atoms with Crippen LogP contribution in [0.5, 0.6) is 0 Å². The zero-order chi connectivity index (χ0) is 18.3. The van der Waals surface area contributed by atoms with E-state index in [0.717, 1.165) is 5.56 Å². The summed E-state index contributed by atoms with van der Waals surface area (Å²) in [7, 11) is 0. The second-order valence-corrected chi connectivity index (χ2v) is 6.73. The molecule has 0 spiro atoms. The number of carbonyl (C=O) groups excluding carboxylic acids is 2. The third-order valence-corrected chi connectivity index (χ3v) is 5.09. The first kappa shape index (κ1) is 16.6. The zero-order valence-corrected chi connectivity index (χ0v) is 14.6. The fourth-order valence-corrected chi connectivity index (χ4v) is 3.59. The number of cyclic esters (lactones) is 1. The maximum absolute atomic E-state index is 12.6. The number of ether oxygens (including phenoxy) is 1. The lowest BCUT2D eigenvalue weighted by Gasteiger charge is -2.35. The topological polar surface area (TPSA) is 84.7 Å². The van der Waals surface area contributed by atoms with Crippen LogP contribution in [0.1, 0.15) is 12.0 Å². The van der Waals surface area contributed by atoms with Gasteiger partial charge in [0, 0.05) is 32.6 Å². The molecule has 26 heavy (non-hydrogen) atoms. The first-order valence-corrected chi connectivity index (χ1v) is 8.70. The molecule has 0 bridgehead atoms. The van der Waals surface area contributed by atoms with E-state index in [1.54, 1.807) is 15.9 Å². The van der Waals surface area contributed by atoms with E-state index in [0.29, 0.717) is 37.1 Å². The Bertz CT molecular complexity index is 938. The van der Waals surface area contributed by atoms with Crippen LogP contribution >= 0.6 is 0 Å². The van der Waals surface area contributed by atoms with Crippen molar-refractivity contribution in [2.24, 2.45) is 0 Å². The van der Waals surface area contributed by atoms with E-state index in [2.05, 4.69) is 4.98 Å². The highest BCUT2D eigenvalue weighted by Crippen LogP contribution is 2.18. The minimum atomic E-state index is -0.300. The SMILES string of the molecule is Cc1cccc2c(=O)n(CCC(=O)N3CCN4C(=O)OC[C@@H]4C3)cnc12. The highest BCUT2D eigenvalue weighted by atomic mass is 16.6. The number of nitrogens with zero attached hydrogens (tertiary/aromatic N) is 4. The highest BCUT2D eigenvalue weighted by Gasteiger charge is 2.38. The minimum Gasteiger partial charge on any atom is -0.447 e. The van der Waals surface area contributed by atoms with Crippen LogP contribution in [0.25, 0.3) is 10.9 Å². The summed E-state index contributed by atoms with van der Waals surface area (Å²) in [5.74, 6) is -0.0276. The first-order chi connectivity index (χ1) is 12.5. The predicted octanol–water partition coefficient (Wildman–Crippen LogP) is 0.758. The molecule has 2 aliphatic rings. The Morgan fingerprint density at radius 3 is 3.00 bits per heavy atom. The number of fused-ring (bicyclic) bond motifs is 2. The molecule has 3 heterocycles. The number of benzene rings is 1. The number of carbonyl (C=O) groups is 2. The van der Waals surface area contributed by atoms with E-state index >= 15 is 0 Å². The van der Waals surface area contributed by atoms with Crippen molar-refractivity contribution in [1.82, 2.24) is 19.4 Å². The van der Waals surface area contributed by atoms with Crippen LogP contribution in [-0.4, -0.2) is 63.6 Å². The van der Waals surface area contributed by atoms with Crippen LogP contribution in [0.4, 0.5) is 4.79 Å². The van der Waals surface area contributed by atoms with Gasteiger partial charge in [-0.05, 0) is 18.6 Å². The van der Waals surface area contributed by atoms with Crippen molar-refractivity contribution in [1.29, 1.82) is 0 Å². The summed E-state index contributed by atoms with van der Waals surface area (Å²) in [5, 5.41) is 0.565. The summed E-state index contributed by atoms with van der Waals surface area (Å²) < 4.78 is 6.50. The molecule has 0 saturated carbocycles. The molecular formula is C18H20N4O4. The Morgan fingerprint density at radius 1 is 1.31 bits per heavy atom. The molecular weight excluding hydrogens is 336 g/mol.